The molecule has 2 fully saturated rings. The van der Waals surface area contributed by atoms with E-state index in [1.807, 2.05) is 60.7 Å². The summed E-state index contributed by atoms with van der Waals surface area (Å²) in [4.78, 5) is 6.17. The second-order valence-corrected chi connectivity index (χ2v) is 9.72. The number of nitrogens with zero attached hydrogens (tertiary/aromatic N) is 1. The minimum absolute atomic E-state index is 0.0549. The van der Waals surface area contributed by atoms with Gasteiger partial charge in [0.1, 0.15) is 7.14 Å². The van der Waals surface area contributed by atoms with E-state index >= 15 is 0 Å². The first-order chi connectivity index (χ1) is 11.8. The van der Waals surface area contributed by atoms with Crippen molar-refractivity contribution >= 4 is 17.8 Å². The summed E-state index contributed by atoms with van der Waals surface area (Å²) < 4.78 is 14.1. The lowest BCUT2D eigenvalue weighted by atomic mass is 10.0. The Morgan fingerprint density at radius 2 is 1.58 bits per heavy atom. The fourth-order valence-corrected chi connectivity index (χ4v) is 6.79. The lowest BCUT2D eigenvalue weighted by molar-refractivity contribution is -0.166. The predicted octanol–water partition coefficient (Wildman–Crippen LogP) is 3.56. The Morgan fingerprint density at radius 3 is 2.17 bits per heavy atom. The van der Waals surface area contributed by atoms with Gasteiger partial charge >= 0.3 is 0 Å². The third-order valence-corrected chi connectivity index (χ3v) is 8.39. The Labute approximate surface area is 144 Å². The molecule has 126 valence electrons. The molecule has 4 rings (SSSR count). The average molecular weight is 341 g/mol. The molecule has 2 saturated heterocycles. The van der Waals surface area contributed by atoms with Crippen LogP contribution in [-0.2, 0) is 9.40 Å². The zero-order chi connectivity index (χ0) is 16.4. The molecule has 2 heterocycles. The van der Waals surface area contributed by atoms with E-state index < -0.39 is 7.14 Å². The van der Waals surface area contributed by atoms with Crippen molar-refractivity contribution < 1.29 is 9.40 Å². The summed E-state index contributed by atoms with van der Waals surface area (Å²) in [5.74, 6) is 0. The van der Waals surface area contributed by atoms with Gasteiger partial charge in [0, 0.05) is 29.4 Å². The number of rotatable bonds is 4. The van der Waals surface area contributed by atoms with Crippen LogP contribution in [0.1, 0.15) is 25.7 Å². The van der Waals surface area contributed by atoms with E-state index in [2.05, 4.69) is 5.06 Å². The molecule has 0 amide bonds. The molecule has 4 heteroatoms. The molecular formula is C20H24NO2P. The molecule has 2 unspecified atom stereocenters. The van der Waals surface area contributed by atoms with Crippen molar-refractivity contribution in [1.29, 1.82) is 0 Å². The van der Waals surface area contributed by atoms with Crippen molar-refractivity contribution in [1.82, 2.24) is 5.06 Å². The molecule has 2 aromatic rings. The molecule has 3 nitrogen and oxygen atoms in total. The van der Waals surface area contributed by atoms with Gasteiger partial charge in [0.2, 0.25) is 0 Å². The van der Waals surface area contributed by atoms with E-state index in [0.717, 1.165) is 23.6 Å². The second-order valence-electron chi connectivity index (χ2n) is 6.85. The van der Waals surface area contributed by atoms with E-state index in [4.69, 9.17) is 4.84 Å². The number of hydroxylamine groups is 2. The Morgan fingerprint density at radius 1 is 0.958 bits per heavy atom. The maximum atomic E-state index is 14.1. The lowest BCUT2D eigenvalue weighted by Gasteiger charge is -2.27. The third kappa shape index (κ3) is 3.09. The van der Waals surface area contributed by atoms with Gasteiger partial charge in [-0.15, -0.1) is 0 Å². The van der Waals surface area contributed by atoms with Crippen LogP contribution in [0.2, 0.25) is 0 Å². The standard InChI is InChI=1S/C20H24NO2P/c22-24(19-10-3-1-4-11-19,20-12-5-2-6-13-20)16-18-15-17-9-7-8-14-21(17)23-18/h1-6,10-13,17-18H,7-9,14-16H2. The predicted molar refractivity (Wildman–Crippen MR) is 98.5 cm³/mol. The summed E-state index contributed by atoms with van der Waals surface area (Å²) >= 11 is 0. The highest BCUT2D eigenvalue weighted by Crippen LogP contribution is 2.46. The minimum atomic E-state index is -2.68. The average Bonchev–Trinajstić information content (AvgIpc) is 3.05. The van der Waals surface area contributed by atoms with Gasteiger partial charge < -0.3 is 4.57 Å². The molecule has 24 heavy (non-hydrogen) atoms. The SMILES string of the molecule is O=P(CC1CC2CCCCN2O1)(c1ccccc1)c1ccccc1. The molecule has 0 saturated carbocycles. The number of benzene rings is 2. The number of hydrogen-bond acceptors (Lipinski definition) is 3. The maximum Gasteiger partial charge on any atom is 0.145 e. The van der Waals surface area contributed by atoms with Crippen LogP contribution in [0.25, 0.3) is 0 Å². The lowest BCUT2D eigenvalue weighted by Crippen LogP contribution is -2.33. The van der Waals surface area contributed by atoms with Gasteiger partial charge in [0.15, 0.2) is 0 Å². The zero-order valence-electron chi connectivity index (χ0n) is 13.9. The van der Waals surface area contributed by atoms with Crippen LogP contribution in [0.3, 0.4) is 0 Å². The highest BCUT2D eigenvalue weighted by molar-refractivity contribution is 7.78. The maximum absolute atomic E-state index is 14.1. The molecule has 0 spiro atoms. The highest BCUT2D eigenvalue weighted by atomic mass is 31.2. The molecule has 2 aromatic carbocycles. The molecule has 2 atom stereocenters. The van der Waals surface area contributed by atoms with Crippen molar-refractivity contribution in [2.45, 2.75) is 37.8 Å². The van der Waals surface area contributed by atoms with Crippen LogP contribution in [0.4, 0.5) is 0 Å². The Balaban J connectivity index is 1.63. The topological polar surface area (TPSA) is 29.5 Å². The molecule has 0 N–H and O–H groups in total. The fourth-order valence-electron chi connectivity index (χ4n) is 3.98. The van der Waals surface area contributed by atoms with Crippen molar-refractivity contribution in [2.24, 2.45) is 0 Å². The molecule has 0 bridgehead atoms. The van der Waals surface area contributed by atoms with Crippen molar-refractivity contribution in [2.75, 3.05) is 12.7 Å². The second kappa shape index (κ2) is 6.84. The third-order valence-electron chi connectivity index (χ3n) is 5.20. The van der Waals surface area contributed by atoms with Gasteiger partial charge in [-0.3, -0.25) is 4.84 Å². The molecule has 2 aliphatic heterocycles. The summed E-state index contributed by atoms with van der Waals surface area (Å²) in [5.41, 5.74) is 0. The molecule has 0 radical (unpaired) electrons. The van der Waals surface area contributed by atoms with Crippen molar-refractivity contribution in [3.8, 4) is 0 Å². The van der Waals surface area contributed by atoms with Gasteiger partial charge in [-0.25, -0.2) is 0 Å². The van der Waals surface area contributed by atoms with E-state index in [-0.39, 0.29) is 6.10 Å². The highest BCUT2D eigenvalue weighted by Gasteiger charge is 2.39. The summed E-state index contributed by atoms with van der Waals surface area (Å²) in [7, 11) is -2.68. The molecular weight excluding hydrogens is 317 g/mol. The van der Waals surface area contributed by atoms with Crippen LogP contribution in [0.5, 0.6) is 0 Å². The van der Waals surface area contributed by atoms with Crippen LogP contribution in [-0.4, -0.2) is 29.9 Å². The summed E-state index contributed by atoms with van der Waals surface area (Å²) in [6, 6.07) is 20.4. The quantitative estimate of drug-likeness (QED) is 0.797. The molecule has 0 aliphatic carbocycles. The van der Waals surface area contributed by atoms with E-state index in [0.29, 0.717) is 12.2 Å². The number of piperidine rings is 1. The van der Waals surface area contributed by atoms with Crippen molar-refractivity contribution in [3.05, 3.63) is 60.7 Å². The van der Waals surface area contributed by atoms with Gasteiger partial charge in [0.05, 0.1) is 6.10 Å². The number of hydrogen-bond donors (Lipinski definition) is 0. The first kappa shape index (κ1) is 16.1. The van der Waals surface area contributed by atoms with E-state index in [9.17, 15) is 4.57 Å². The van der Waals surface area contributed by atoms with Crippen LogP contribution in [0, 0.1) is 0 Å². The normalized spacial score (nSPS) is 24.7. The van der Waals surface area contributed by atoms with Gasteiger partial charge in [-0.2, -0.15) is 5.06 Å². The first-order valence-electron chi connectivity index (χ1n) is 8.89. The summed E-state index contributed by atoms with van der Waals surface area (Å²) in [5, 5.41) is 4.02. The fraction of sp³-hybridized carbons (Fsp3) is 0.400. The van der Waals surface area contributed by atoms with Crippen LogP contribution >= 0.6 is 7.14 Å². The Kier molecular flexibility index (Phi) is 4.58. The van der Waals surface area contributed by atoms with Crippen molar-refractivity contribution in [3.63, 3.8) is 0 Å². The van der Waals surface area contributed by atoms with Gasteiger partial charge in [-0.05, 0) is 19.3 Å². The first-order valence-corrected chi connectivity index (χ1v) is 10.8. The summed E-state index contributed by atoms with van der Waals surface area (Å²) in [6.07, 6.45) is 5.35. The number of fused-ring (bicyclic) bond motifs is 1. The zero-order valence-corrected chi connectivity index (χ0v) is 14.8. The summed E-state index contributed by atoms with van der Waals surface area (Å²) in [6.45, 7) is 1.02. The monoisotopic (exact) mass is 341 g/mol. The van der Waals surface area contributed by atoms with Gasteiger partial charge in [-0.1, -0.05) is 67.1 Å². The Hall–Kier alpha value is -1.41. The van der Waals surface area contributed by atoms with Gasteiger partial charge in [0.25, 0.3) is 0 Å². The van der Waals surface area contributed by atoms with Crippen LogP contribution < -0.4 is 10.6 Å². The minimum Gasteiger partial charge on any atom is -0.314 e. The molecule has 2 aliphatic rings. The molecule has 0 aromatic heterocycles. The van der Waals surface area contributed by atoms with E-state index in [1.165, 1.54) is 19.3 Å². The van der Waals surface area contributed by atoms with Crippen LogP contribution in [0.15, 0.2) is 60.7 Å². The largest absolute Gasteiger partial charge is 0.314 e. The Bertz CT molecular complexity index is 661. The smallest absolute Gasteiger partial charge is 0.145 e. The van der Waals surface area contributed by atoms with E-state index in [1.54, 1.807) is 0 Å².